The third-order valence-corrected chi connectivity index (χ3v) is 16.9. The van der Waals surface area contributed by atoms with Crippen LogP contribution in [0.2, 0.25) is 34.9 Å². The van der Waals surface area contributed by atoms with Gasteiger partial charge in [-0.05, 0) is 108 Å². The second-order valence-electron chi connectivity index (χ2n) is 20.7. The molecule has 6 bridgehead atoms. The van der Waals surface area contributed by atoms with Crippen molar-refractivity contribution in [1.82, 2.24) is 0 Å². The Bertz CT molecular complexity index is 1870. The van der Waals surface area contributed by atoms with E-state index in [2.05, 4.69) is 196 Å². The summed E-state index contributed by atoms with van der Waals surface area (Å²) in [6.07, 6.45) is 25.6. The fourth-order valence-electron chi connectivity index (χ4n) is 14.2. The fourth-order valence-corrected chi connectivity index (χ4v) is 14.2. The summed E-state index contributed by atoms with van der Waals surface area (Å²) in [5.74, 6) is 5.21. The Kier molecular flexibility index (Phi) is 15.0. The molecule has 6 aromatic rings. The Morgan fingerprint density at radius 3 is 0.485 bits per heavy atom. The van der Waals surface area contributed by atoms with Gasteiger partial charge >= 0.3 is 0 Å². The van der Waals surface area contributed by atoms with Crippen LogP contribution in [0.1, 0.15) is 116 Å². The van der Waals surface area contributed by atoms with E-state index in [1.54, 1.807) is 0 Å². The summed E-state index contributed by atoms with van der Waals surface area (Å²) in [6, 6.07) is 66.1. The molecular formula is C60H72B3N3. The highest BCUT2D eigenvalue weighted by atomic mass is 15.1. The van der Waals surface area contributed by atoms with Gasteiger partial charge in [0.1, 0.15) is 0 Å². The van der Waals surface area contributed by atoms with Crippen LogP contribution in [-0.2, 0) is 0 Å². The average molecular weight is 868 g/mol. The number of hydrogen-bond donors (Lipinski definition) is 0. The van der Waals surface area contributed by atoms with Crippen LogP contribution in [0.3, 0.4) is 0 Å². The zero-order valence-corrected chi connectivity index (χ0v) is 39.6. The Balaban J connectivity index is 0.000000116. The maximum absolute atomic E-state index is 2.65. The average Bonchev–Trinajstić information content (AvgIpc) is 3.37. The number of benzene rings is 6. The highest BCUT2D eigenvalue weighted by Crippen LogP contribution is 2.53. The summed E-state index contributed by atoms with van der Waals surface area (Å²) in [5, 5.41) is 0. The Hall–Kier alpha value is -5.09. The van der Waals surface area contributed by atoms with Gasteiger partial charge in [-0.1, -0.05) is 225 Å². The number of para-hydroxylation sites is 6. The van der Waals surface area contributed by atoms with Crippen molar-refractivity contribution < 1.29 is 0 Å². The minimum atomic E-state index is 0.687. The number of nitrogens with zero attached hydrogens (tertiary/aromatic N) is 3. The molecular weight excluding hydrogens is 795 g/mol. The van der Waals surface area contributed by atoms with Crippen LogP contribution in [-0.4, -0.2) is 20.5 Å². The van der Waals surface area contributed by atoms with Crippen molar-refractivity contribution in [3.05, 3.63) is 182 Å². The third-order valence-electron chi connectivity index (χ3n) is 16.9. The molecule has 6 fully saturated rings. The van der Waals surface area contributed by atoms with Crippen molar-refractivity contribution in [2.75, 3.05) is 14.4 Å². The first-order valence-corrected chi connectivity index (χ1v) is 26.5. The first kappa shape index (κ1) is 44.7. The molecule has 0 spiro atoms. The predicted molar refractivity (Wildman–Crippen MR) is 288 cm³/mol. The third kappa shape index (κ3) is 10.2. The monoisotopic (exact) mass is 868 g/mol. The van der Waals surface area contributed by atoms with Crippen LogP contribution in [0.5, 0.6) is 0 Å². The number of fused-ring (bicyclic) bond motifs is 6. The molecule has 0 amide bonds. The van der Waals surface area contributed by atoms with Gasteiger partial charge in [0.15, 0.2) is 0 Å². The van der Waals surface area contributed by atoms with Crippen LogP contribution in [0, 0.1) is 0 Å². The van der Waals surface area contributed by atoms with E-state index in [1.165, 1.54) is 150 Å². The number of anilines is 6. The highest BCUT2D eigenvalue weighted by molar-refractivity contribution is 6.69. The van der Waals surface area contributed by atoms with Gasteiger partial charge in [-0.15, -0.1) is 0 Å². The Morgan fingerprint density at radius 1 is 0.212 bits per heavy atom. The normalized spacial score (nSPS) is 24.1. The van der Waals surface area contributed by atoms with Gasteiger partial charge in [-0.2, -0.15) is 0 Å². The molecule has 6 aliphatic heterocycles. The number of rotatable bonds is 9. The van der Waals surface area contributed by atoms with Gasteiger partial charge < -0.3 is 14.4 Å². The largest absolute Gasteiger partial charge is 0.386 e. The molecule has 66 heavy (non-hydrogen) atoms. The second kappa shape index (κ2) is 22.1. The first-order valence-electron chi connectivity index (χ1n) is 26.5. The molecule has 0 aromatic heterocycles. The van der Waals surface area contributed by atoms with E-state index in [9.17, 15) is 0 Å². The molecule has 0 saturated carbocycles. The molecule has 12 rings (SSSR count). The van der Waals surface area contributed by atoms with Crippen molar-refractivity contribution >= 4 is 54.7 Å². The molecule has 6 heterocycles. The van der Waals surface area contributed by atoms with Crippen molar-refractivity contribution in [2.45, 2.75) is 150 Å². The van der Waals surface area contributed by atoms with Crippen molar-refractivity contribution in [3.63, 3.8) is 0 Å². The molecule has 336 valence electrons. The Labute approximate surface area is 399 Å². The zero-order chi connectivity index (χ0) is 44.3. The minimum absolute atomic E-state index is 0.687. The van der Waals surface area contributed by atoms with Crippen molar-refractivity contribution in [1.29, 1.82) is 0 Å². The summed E-state index contributed by atoms with van der Waals surface area (Å²) in [5.41, 5.74) is 8.15. The van der Waals surface area contributed by atoms with Crippen LogP contribution in [0.15, 0.2) is 182 Å². The molecule has 0 radical (unpaired) electrons. The molecule has 0 aliphatic carbocycles. The van der Waals surface area contributed by atoms with E-state index in [0.29, 0.717) is 20.5 Å². The molecule has 0 N–H and O–H groups in total. The standard InChI is InChI=1S/3C20H24BN/c3*1-3-13-19(14-4-1)22(20-15-5-2-6-16-20)21-17-9-7-10-18(21)12-8-11-17/h3*1-6,13-18H,7-12H2. The van der Waals surface area contributed by atoms with Gasteiger partial charge in [0.2, 0.25) is 0 Å². The molecule has 6 saturated heterocycles. The maximum Gasteiger partial charge on any atom is 0.266 e. The number of hydrogen-bond acceptors (Lipinski definition) is 3. The van der Waals surface area contributed by atoms with Gasteiger partial charge in [0.05, 0.1) is 0 Å². The summed E-state index contributed by atoms with van der Waals surface area (Å²) >= 11 is 0. The van der Waals surface area contributed by atoms with Crippen LogP contribution in [0.4, 0.5) is 34.1 Å². The lowest BCUT2D eigenvalue weighted by Crippen LogP contribution is -2.47. The summed E-state index contributed by atoms with van der Waals surface area (Å²) in [6.45, 7) is 2.06. The lowest BCUT2D eigenvalue weighted by atomic mass is 9.33. The Morgan fingerprint density at radius 2 is 0.348 bits per heavy atom. The van der Waals surface area contributed by atoms with E-state index in [-0.39, 0.29) is 0 Å². The summed E-state index contributed by atoms with van der Waals surface area (Å²) in [7, 11) is 0. The fraction of sp³-hybridized carbons (Fsp3) is 0.400. The second-order valence-corrected chi connectivity index (χ2v) is 20.7. The topological polar surface area (TPSA) is 9.72 Å². The van der Waals surface area contributed by atoms with Crippen molar-refractivity contribution in [3.8, 4) is 0 Å². The molecule has 6 aromatic carbocycles. The molecule has 6 heteroatoms. The lowest BCUT2D eigenvalue weighted by molar-refractivity contribution is 0.442. The maximum atomic E-state index is 2.65. The zero-order valence-electron chi connectivity index (χ0n) is 39.6. The molecule has 0 unspecified atom stereocenters. The first-order chi connectivity index (χ1) is 32.8. The van der Waals surface area contributed by atoms with Gasteiger partial charge in [-0.25, -0.2) is 0 Å². The minimum Gasteiger partial charge on any atom is -0.386 e. The van der Waals surface area contributed by atoms with Gasteiger partial charge in [-0.3, -0.25) is 0 Å². The van der Waals surface area contributed by atoms with Crippen LogP contribution >= 0.6 is 0 Å². The van der Waals surface area contributed by atoms with E-state index < -0.39 is 0 Å². The molecule has 3 nitrogen and oxygen atoms in total. The SMILES string of the molecule is c1ccc(N(B2C3CCCC2CCC3)c2ccccc2)cc1.c1ccc(N(B2C3CCCC2CCC3)c2ccccc2)cc1.c1ccc(N(B2C3CCCC2CCC3)c2ccccc2)cc1. The van der Waals surface area contributed by atoms with E-state index in [4.69, 9.17) is 0 Å². The van der Waals surface area contributed by atoms with E-state index in [0.717, 1.165) is 34.9 Å². The van der Waals surface area contributed by atoms with E-state index in [1.807, 2.05) is 0 Å². The highest BCUT2D eigenvalue weighted by Gasteiger charge is 2.46. The van der Waals surface area contributed by atoms with Crippen LogP contribution in [0.25, 0.3) is 0 Å². The lowest BCUT2D eigenvalue weighted by Gasteiger charge is -2.46. The van der Waals surface area contributed by atoms with Crippen LogP contribution < -0.4 is 14.4 Å². The van der Waals surface area contributed by atoms with Gasteiger partial charge in [0.25, 0.3) is 20.5 Å². The molecule has 6 aliphatic rings. The van der Waals surface area contributed by atoms with Crippen molar-refractivity contribution in [2.24, 2.45) is 0 Å². The summed E-state index contributed by atoms with van der Waals surface area (Å²) < 4.78 is 0. The predicted octanol–water partition coefficient (Wildman–Crippen LogP) is 17.8. The van der Waals surface area contributed by atoms with E-state index >= 15 is 0 Å². The quantitative estimate of drug-likeness (QED) is 0.134. The molecule has 0 atom stereocenters. The smallest absolute Gasteiger partial charge is 0.266 e. The van der Waals surface area contributed by atoms with Gasteiger partial charge in [0, 0.05) is 34.1 Å². The summed E-state index contributed by atoms with van der Waals surface area (Å²) in [4.78, 5) is 7.94.